The van der Waals surface area contributed by atoms with E-state index in [2.05, 4.69) is 67.7 Å². The summed E-state index contributed by atoms with van der Waals surface area (Å²) in [4.78, 5) is 14.5. The Balaban J connectivity index is 1.65. The highest BCUT2D eigenvalue weighted by atomic mass is 16.2. The zero-order valence-corrected chi connectivity index (χ0v) is 13.9. The molecule has 2 aromatic carbocycles. The molecule has 0 spiro atoms. The first-order valence-electron chi connectivity index (χ1n) is 8.30. The summed E-state index contributed by atoms with van der Waals surface area (Å²) >= 11 is 0. The van der Waals surface area contributed by atoms with E-state index in [4.69, 9.17) is 0 Å². The lowest BCUT2D eigenvalue weighted by molar-refractivity contribution is 0.192. The van der Waals surface area contributed by atoms with Crippen LogP contribution in [0.5, 0.6) is 0 Å². The zero-order valence-electron chi connectivity index (χ0n) is 13.9. The van der Waals surface area contributed by atoms with Gasteiger partial charge in [-0.15, -0.1) is 0 Å². The number of likely N-dealkylation sites (tertiary alicyclic amines) is 1. The van der Waals surface area contributed by atoms with Gasteiger partial charge in [0.1, 0.15) is 0 Å². The first kappa shape index (κ1) is 15.6. The molecule has 0 aromatic heterocycles. The zero-order chi connectivity index (χ0) is 16.2. The number of carbonyl (C=O) groups excluding carboxylic acids is 1. The van der Waals surface area contributed by atoms with Gasteiger partial charge < -0.3 is 10.2 Å². The van der Waals surface area contributed by atoms with E-state index in [9.17, 15) is 4.79 Å². The number of urea groups is 1. The van der Waals surface area contributed by atoms with Crippen LogP contribution in [0, 0.1) is 13.8 Å². The van der Waals surface area contributed by atoms with Crippen LogP contribution in [0.4, 0.5) is 4.79 Å². The van der Waals surface area contributed by atoms with Crippen molar-refractivity contribution in [2.75, 3.05) is 6.54 Å². The van der Waals surface area contributed by atoms with Gasteiger partial charge in [0.15, 0.2) is 0 Å². The average molecular weight is 308 g/mol. The van der Waals surface area contributed by atoms with E-state index in [-0.39, 0.29) is 12.1 Å². The average Bonchev–Trinajstić information content (AvgIpc) is 3.04. The third-order valence-corrected chi connectivity index (χ3v) is 4.50. The van der Waals surface area contributed by atoms with Crippen LogP contribution in [0.1, 0.15) is 41.1 Å². The van der Waals surface area contributed by atoms with Crippen molar-refractivity contribution in [1.29, 1.82) is 0 Å². The molecule has 1 atom stereocenters. The summed E-state index contributed by atoms with van der Waals surface area (Å²) in [5.74, 6) is 0. The molecule has 2 amide bonds. The summed E-state index contributed by atoms with van der Waals surface area (Å²) in [6.07, 6.45) is 2.11. The Kier molecular flexibility index (Phi) is 4.65. The molecule has 1 unspecified atom stereocenters. The Morgan fingerprint density at radius 2 is 1.91 bits per heavy atom. The van der Waals surface area contributed by atoms with E-state index in [1.165, 1.54) is 16.7 Å². The summed E-state index contributed by atoms with van der Waals surface area (Å²) in [6.45, 7) is 5.58. The molecule has 3 heteroatoms. The molecule has 1 aliphatic rings. The van der Waals surface area contributed by atoms with Gasteiger partial charge in [0.2, 0.25) is 0 Å². The fraction of sp³-hybridized carbons (Fsp3) is 0.350. The normalized spacial score (nSPS) is 17.3. The largest absolute Gasteiger partial charge is 0.334 e. The van der Waals surface area contributed by atoms with Gasteiger partial charge in [-0.05, 0) is 37.8 Å². The minimum absolute atomic E-state index is 0.0366. The summed E-state index contributed by atoms with van der Waals surface area (Å²) in [5, 5.41) is 3.06. The number of carbonyl (C=O) groups is 1. The van der Waals surface area contributed by atoms with Crippen molar-refractivity contribution in [3.63, 3.8) is 0 Å². The third kappa shape index (κ3) is 3.73. The Labute approximate surface area is 138 Å². The number of nitrogens with one attached hydrogen (secondary N) is 1. The van der Waals surface area contributed by atoms with Gasteiger partial charge in [0.25, 0.3) is 0 Å². The Morgan fingerprint density at radius 1 is 1.13 bits per heavy atom. The van der Waals surface area contributed by atoms with Crippen LogP contribution in [0.15, 0.2) is 48.5 Å². The number of hydrogen-bond donors (Lipinski definition) is 1. The highest BCUT2D eigenvalue weighted by molar-refractivity contribution is 5.75. The van der Waals surface area contributed by atoms with E-state index < -0.39 is 0 Å². The fourth-order valence-electron chi connectivity index (χ4n) is 3.22. The van der Waals surface area contributed by atoms with Gasteiger partial charge in [0.05, 0.1) is 6.04 Å². The number of amides is 2. The molecule has 0 aliphatic carbocycles. The Morgan fingerprint density at radius 3 is 2.65 bits per heavy atom. The van der Waals surface area contributed by atoms with Gasteiger partial charge in [-0.3, -0.25) is 0 Å². The number of nitrogens with zero attached hydrogens (tertiary/aromatic N) is 1. The van der Waals surface area contributed by atoms with Crippen molar-refractivity contribution in [1.82, 2.24) is 10.2 Å². The van der Waals surface area contributed by atoms with Crippen molar-refractivity contribution in [2.45, 2.75) is 39.3 Å². The lowest BCUT2D eigenvalue weighted by atomic mass is 10.0. The topological polar surface area (TPSA) is 32.3 Å². The maximum atomic E-state index is 12.6. The minimum atomic E-state index is 0.0366. The molecule has 1 fully saturated rings. The second-order valence-electron chi connectivity index (χ2n) is 6.41. The van der Waals surface area contributed by atoms with E-state index in [0.717, 1.165) is 24.9 Å². The van der Waals surface area contributed by atoms with Crippen LogP contribution in [0.2, 0.25) is 0 Å². The fourth-order valence-corrected chi connectivity index (χ4v) is 3.22. The van der Waals surface area contributed by atoms with Crippen molar-refractivity contribution < 1.29 is 4.79 Å². The highest BCUT2D eigenvalue weighted by Crippen LogP contribution is 2.32. The molecule has 0 radical (unpaired) electrons. The lowest BCUT2D eigenvalue weighted by Gasteiger charge is -2.25. The van der Waals surface area contributed by atoms with Gasteiger partial charge in [-0.2, -0.15) is 0 Å². The minimum Gasteiger partial charge on any atom is -0.334 e. The van der Waals surface area contributed by atoms with Gasteiger partial charge in [-0.25, -0.2) is 4.79 Å². The highest BCUT2D eigenvalue weighted by Gasteiger charge is 2.29. The van der Waals surface area contributed by atoms with Crippen LogP contribution in [-0.2, 0) is 6.54 Å². The molecule has 3 rings (SSSR count). The molecule has 1 N–H and O–H groups in total. The van der Waals surface area contributed by atoms with E-state index in [0.29, 0.717) is 6.54 Å². The molecular formula is C20H24N2O. The number of aryl methyl sites for hydroxylation is 2. The van der Waals surface area contributed by atoms with Crippen LogP contribution in [0.3, 0.4) is 0 Å². The van der Waals surface area contributed by atoms with Crippen LogP contribution in [-0.4, -0.2) is 17.5 Å². The van der Waals surface area contributed by atoms with Gasteiger partial charge >= 0.3 is 6.03 Å². The van der Waals surface area contributed by atoms with Crippen molar-refractivity contribution in [3.05, 3.63) is 70.8 Å². The molecule has 1 saturated heterocycles. The van der Waals surface area contributed by atoms with Gasteiger partial charge in [-0.1, -0.05) is 59.7 Å². The molecule has 1 aliphatic heterocycles. The summed E-state index contributed by atoms with van der Waals surface area (Å²) in [7, 11) is 0. The first-order valence-corrected chi connectivity index (χ1v) is 8.30. The quantitative estimate of drug-likeness (QED) is 0.898. The Bertz CT molecular complexity index is 678. The van der Waals surface area contributed by atoms with Crippen LogP contribution < -0.4 is 5.32 Å². The molecule has 2 aromatic rings. The van der Waals surface area contributed by atoms with Crippen molar-refractivity contribution >= 4 is 6.03 Å². The number of rotatable bonds is 3. The molecule has 23 heavy (non-hydrogen) atoms. The summed E-state index contributed by atoms with van der Waals surface area (Å²) in [6, 6.07) is 17.0. The van der Waals surface area contributed by atoms with E-state index in [1.807, 2.05) is 4.90 Å². The molecule has 0 bridgehead atoms. The van der Waals surface area contributed by atoms with Crippen molar-refractivity contribution in [3.8, 4) is 0 Å². The molecular weight excluding hydrogens is 284 g/mol. The van der Waals surface area contributed by atoms with Crippen LogP contribution in [0.25, 0.3) is 0 Å². The molecule has 1 heterocycles. The van der Waals surface area contributed by atoms with Crippen LogP contribution >= 0.6 is 0 Å². The maximum Gasteiger partial charge on any atom is 0.318 e. The molecule has 0 saturated carbocycles. The summed E-state index contributed by atoms with van der Waals surface area (Å²) < 4.78 is 0. The molecule has 3 nitrogen and oxygen atoms in total. The second kappa shape index (κ2) is 6.86. The predicted molar refractivity (Wildman–Crippen MR) is 93.3 cm³/mol. The number of benzene rings is 2. The lowest BCUT2D eigenvalue weighted by Crippen LogP contribution is -2.39. The standard InChI is InChI=1S/C20H24N2O/c1-15-8-10-17(11-9-15)14-21-20(23)22-12-4-7-19(22)18-6-3-5-16(2)13-18/h3,5-6,8-11,13,19H,4,7,12,14H2,1-2H3,(H,21,23). The van der Waals surface area contributed by atoms with E-state index in [1.54, 1.807) is 0 Å². The van der Waals surface area contributed by atoms with Gasteiger partial charge in [0, 0.05) is 13.1 Å². The van der Waals surface area contributed by atoms with E-state index >= 15 is 0 Å². The number of hydrogen-bond acceptors (Lipinski definition) is 1. The smallest absolute Gasteiger partial charge is 0.318 e. The summed E-state index contributed by atoms with van der Waals surface area (Å²) in [5.41, 5.74) is 4.86. The monoisotopic (exact) mass is 308 g/mol. The first-order chi connectivity index (χ1) is 11.1. The maximum absolute atomic E-state index is 12.6. The molecule has 120 valence electrons. The SMILES string of the molecule is Cc1ccc(CNC(=O)N2CCCC2c2cccc(C)c2)cc1. The van der Waals surface area contributed by atoms with Crippen molar-refractivity contribution in [2.24, 2.45) is 0 Å². The predicted octanol–water partition coefficient (Wildman–Crippen LogP) is 4.35. The second-order valence-corrected chi connectivity index (χ2v) is 6.41. The Hall–Kier alpha value is -2.29. The third-order valence-electron chi connectivity index (χ3n) is 4.50.